The summed E-state index contributed by atoms with van der Waals surface area (Å²) in [5, 5.41) is 11.2. The van der Waals surface area contributed by atoms with Crippen LogP contribution in [0.15, 0.2) is 11.4 Å². The van der Waals surface area contributed by atoms with Crippen molar-refractivity contribution in [2.75, 3.05) is 19.6 Å². The van der Waals surface area contributed by atoms with Crippen molar-refractivity contribution in [1.29, 1.82) is 0 Å². The average Bonchev–Trinajstić information content (AvgIpc) is 3.00. The monoisotopic (exact) mass is 338 g/mol. The third-order valence-corrected chi connectivity index (χ3v) is 5.69. The molecule has 2 heterocycles. The molecule has 2 rings (SSSR count). The highest BCUT2D eigenvalue weighted by atomic mass is 32.1. The van der Waals surface area contributed by atoms with Gasteiger partial charge in [-0.05, 0) is 43.2 Å². The fourth-order valence-corrected chi connectivity index (χ4v) is 4.13. The van der Waals surface area contributed by atoms with Crippen LogP contribution in [-0.4, -0.2) is 52.5 Å². The lowest BCUT2D eigenvalue weighted by Crippen LogP contribution is -2.48. The molecule has 2 atom stereocenters. The summed E-state index contributed by atoms with van der Waals surface area (Å²) in [6.45, 7) is 6.90. The van der Waals surface area contributed by atoms with Gasteiger partial charge in [-0.15, -0.1) is 11.3 Å². The van der Waals surface area contributed by atoms with Gasteiger partial charge in [0.2, 0.25) is 5.91 Å². The zero-order valence-electron chi connectivity index (χ0n) is 14.1. The van der Waals surface area contributed by atoms with Crippen LogP contribution in [-0.2, 0) is 16.0 Å². The minimum absolute atomic E-state index is 0.0373. The van der Waals surface area contributed by atoms with Crippen LogP contribution in [0.4, 0.5) is 0 Å². The van der Waals surface area contributed by atoms with Gasteiger partial charge in [0.25, 0.3) is 0 Å². The molecule has 0 radical (unpaired) electrons. The van der Waals surface area contributed by atoms with Crippen molar-refractivity contribution in [3.05, 3.63) is 21.9 Å². The van der Waals surface area contributed by atoms with E-state index in [-0.39, 0.29) is 31.1 Å². The van der Waals surface area contributed by atoms with Crippen molar-refractivity contribution in [3.63, 3.8) is 0 Å². The highest BCUT2D eigenvalue weighted by Crippen LogP contribution is 2.35. The molecule has 0 unspecified atom stereocenters. The van der Waals surface area contributed by atoms with Crippen LogP contribution in [0, 0.1) is 0 Å². The van der Waals surface area contributed by atoms with Crippen LogP contribution < -0.4 is 0 Å². The summed E-state index contributed by atoms with van der Waals surface area (Å²) in [6, 6.07) is 2.33. The molecule has 128 valence electrons. The normalized spacial score (nSPS) is 18.8. The third-order valence-electron chi connectivity index (χ3n) is 4.69. The lowest BCUT2D eigenvalue weighted by molar-refractivity contribution is -0.141. The van der Waals surface area contributed by atoms with E-state index in [0.29, 0.717) is 0 Å². The molecule has 0 aliphatic carbocycles. The number of amides is 1. The van der Waals surface area contributed by atoms with Crippen LogP contribution in [0.5, 0.6) is 0 Å². The Hall–Kier alpha value is -1.40. The molecule has 0 bridgehead atoms. The second-order valence-electron chi connectivity index (χ2n) is 6.12. The lowest BCUT2D eigenvalue weighted by atomic mass is 9.97. The molecule has 0 saturated carbocycles. The van der Waals surface area contributed by atoms with E-state index in [1.807, 2.05) is 18.7 Å². The van der Waals surface area contributed by atoms with Gasteiger partial charge in [0, 0.05) is 17.5 Å². The van der Waals surface area contributed by atoms with Crippen molar-refractivity contribution in [2.45, 2.75) is 52.1 Å². The molecule has 0 aromatic carbocycles. The second-order valence-corrected chi connectivity index (χ2v) is 7.12. The molecule has 0 saturated heterocycles. The maximum atomic E-state index is 12.8. The number of aliphatic carboxylic acids is 1. The number of carbonyl (C=O) groups excluding carboxylic acids is 1. The summed E-state index contributed by atoms with van der Waals surface area (Å²) in [4.78, 5) is 29.0. The van der Waals surface area contributed by atoms with Gasteiger partial charge in [-0.25, -0.2) is 0 Å². The van der Waals surface area contributed by atoms with Crippen LogP contribution >= 0.6 is 11.3 Å². The van der Waals surface area contributed by atoms with E-state index in [1.54, 1.807) is 16.2 Å². The highest BCUT2D eigenvalue weighted by Gasteiger charge is 2.31. The number of thiophene rings is 1. The maximum absolute atomic E-state index is 12.8. The number of fused-ring (bicyclic) bond motifs is 1. The molecule has 6 heteroatoms. The van der Waals surface area contributed by atoms with Crippen LogP contribution in [0.2, 0.25) is 0 Å². The molecule has 5 nitrogen and oxygen atoms in total. The second kappa shape index (κ2) is 7.93. The molecule has 1 N–H and O–H groups in total. The Kier molecular flexibility index (Phi) is 6.18. The summed E-state index contributed by atoms with van der Waals surface area (Å²) in [6.07, 6.45) is 2.61. The molecule has 23 heavy (non-hydrogen) atoms. The Balaban J connectivity index is 2.11. The van der Waals surface area contributed by atoms with Gasteiger partial charge in [-0.2, -0.15) is 0 Å². The summed E-state index contributed by atoms with van der Waals surface area (Å²) in [5.74, 6) is -0.848. The van der Waals surface area contributed by atoms with Crippen molar-refractivity contribution in [1.82, 2.24) is 9.80 Å². The van der Waals surface area contributed by atoms with E-state index < -0.39 is 5.97 Å². The third kappa shape index (κ3) is 4.12. The van der Waals surface area contributed by atoms with E-state index in [0.717, 1.165) is 25.8 Å². The molecular weight excluding hydrogens is 312 g/mol. The molecule has 1 aliphatic heterocycles. The summed E-state index contributed by atoms with van der Waals surface area (Å²) < 4.78 is 0. The maximum Gasteiger partial charge on any atom is 0.317 e. The first-order valence-electron chi connectivity index (χ1n) is 8.29. The smallest absolute Gasteiger partial charge is 0.317 e. The number of hydrogen-bond acceptors (Lipinski definition) is 4. The first kappa shape index (κ1) is 17.9. The molecule has 1 aromatic rings. The van der Waals surface area contributed by atoms with Crippen molar-refractivity contribution >= 4 is 23.2 Å². The first-order valence-corrected chi connectivity index (χ1v) is 9.17. The van der Waals surface area contributed by atoms with Gasteiger partial charge in [-0.1, -0.05) is 13.8 Å². The zero-order valence-corrected chi connectivity index (χ0v) is 14.9. The Bertz CT molecular complexity index is 558. The van der Waals surface area contributed by atoms with Gasteiger partial charge >= 0.3 is 5.97 Å². The fraction of sp³-hybridized carbons (Fsp3) is 0.647. The number of hydrogen-bond donors (Lipinski definition) is 1. The van der Waals surface area contributed by atoms with E-state index in [9.17, 15) is 9.59 Å². The van der Waals surface area contributed by atoms with Crippen molar-refractivity contribution < 1.29 is 14.7 Å². The Morgan fingerprint density at radius 3 is 2.78 bits per heavy atom. The Labute approximate surface area is 141 Å². The Morgan fingerprint density at radius 2 is 2.17 bits per heavy atom. The minimum atomic E-state index is -0.885. The fourth-order valence-electron chi connectivity index (χ4n) is 3.20. The van der Waals surface area contributed by atoms with Gasteiger partial charge in [0.1, 0.15) is 0 Å². The SMILES string of the molecule is CC[C@H](C)N(CC(=O)O)CC(=O)N1CCc2sccc2[C@@H]1CC. The van der Waals surface area contributed by atoms with Gasteiger partial charge in [-0.3, -0.25) is 14.5 Å². The van der Waals surface area contributed by atoms with Crippen molar-refractivity contribution in [2.24, 2.45) is 0 Å². The quantitative estimate of drug-likeness (QED) is 0.830. The van der Waals surface area contributed by atoms with Crippen LogP contribution in [0.25, 0.3) is 0 Å². The number of rotatable bonds is 7. The zero-order chi connectivity index (χ0) is 17.0. The number of carboxylic acids is 1. The molecule has 1 aliphatic rings. The average molecular weight is 338 g/mol. The lowest BCUT2D eigenvalue weighted by Gasteiger charge is -2.37. The summed E-state index contributed by atoms with van der Waals surface area (Å²) >= 11 is 1.76. The van der Waals surface area contributed by atoms with Crippen LogP contribution in [0.3, 0.4) is 0 Å². The topological polar surface area (TPSA) is 60.9 Å². The first-order chi connectivity index (χ1) is 11.0. The Morgan fingerprint density at radius 1 is 1.43 bits per heavy atom. The molecule has 1 aromatic heterocycles. The minimum Gasteiger partial charge on any atom is -0.480 e. The molecular formula is C17H26N2O3S. The highest BCUT2D eigenvalue weighted by molar-refractivity contribution is 7.10. The van der Waals surface area contributed by atoms with E-state index in [2.05, 4.69) is 18.4 Å². The largest absolute Gasteiger partial charge is 0.480 e. The standard InChI is InChI=1S/C17H26N2O3S/c1-4-12(3)18(11-17(21)22)10-16(20)19-8-6-15-13(7-9-23-15)14(19)5-2/h7,9,12,14H,4-6,8,10-11H2,1-3H3,(H,21,22)/t12-,14-/m0/s1. The molecule has 1 amide bonds. The van der Waals surface area contributed by atoms with E-state index in [4.69, 9.17) is 5.11 Å². The number of carboxylic acid groups (broad SMARTS) is 1. The van der Waals surface area contributed by atoms with E-state index in [1.165, 1.54) is 10.4 Å². The molecule has 0 fully saturated rings. The summed E-state index contributed by atoms with van der Waals surface area (Å²) in [7, 11) is 0. The summed E-state index contributed by atoms with van der Waals surface area (Å²) in [5.41, 5.74) is 1.27. The van der Waals surface area contributed by atoms with Gasteiger partial charge in [0.05, 0.1) is 19.1 Å². The van der Waals surface area contributed by atoms with Crippen molar-refractivity contribution in [3.8, 4) is 0 Å². The number of nitrogens with zero attached hydrogens (tertiary/aromatic N) is 2. The van der Waals surface area contributed by atoms with Gasteiger partial charge in [0.15, 0.2) is 0 Å². The van der Waals surface area contributed by atoms with E-state index >= 15 is 0 Å². The number of carbonyl (C=O) groups is 2. The van der Waals surface area contributed by atoms with Gasteiger partial charge < -0.3 is 10.0 Å². The van der Waals surface area contributed by atoms with Crippen LogP contribution in [0.1, 0.15) is 50.1 Å². The predicted molar refractivity (Wildman–Crippen MR) is 91.7 cm³/mol. The predicted octanol–water partition coefficient (Wildman–Crippen LogP) is 2.77. The molecule has 0 spiro atoms.